The molecular weight excluding hydrogens is 384 g/mol. The number of hydrogen-bond donors (Lipinski definition) is 3. The number of phenols is 2. The lowest BCUT2D eigenvalue weighted by molar-refractivity contribution is -0.117. The molecule has 7 heteroatoms. The van der Waals surface area contributed by atoms with Gasteiger partial charge in [-0.2, -0.15) is 5.26 Å². The first-order valence-corrected chi connectivity index (χ1v) is 9.28. The Hall–Kier alpha value is -3.92. The molecule has 0 aliphatic carbocycles. The molecular formula is C23H26N2O5. The van der Waals surface area contributed by atoms with Crippen molar-refractivity contribution >= 4 is 12.0 Å². The van der Waals surface area contributed by atoms with Crippen LogP contribution >= 0.6 is 0 Å². The van der Waals surface area contributed by atoms with Gasteiger partial charge >= 0.3 is 0 Å². The van der Waals surface area contributed by atoms with Crippen molar-refractivity contribution in [3.8, 4) is 29.1 Å². The van der Waals surface area contributed by atoms with Crippen LogP contribution in [0.25, 0.3) is 6.08 Å². The Kier molecular flexibility index (Phi) is 10.1. The van der Waals surface area contributed by atoms with E-state index in [1.54, 1.807) is 36.4 Å². The molecule has 0 saturated carbocycles. The van der Waals surface area contributed by atoms with Crippen LogP contribution < -0.4 is 14.8 Å². The second-order valence-electron chi connectivity index (χ2n) is 5.67. The number of methoxy groups -OCH3 is 2. The molecule has 0 heterocycles. The molecule has 1 amide bonds. The van der Waals surface area contributed by atoms with Gasteiger partial charge in [-0.15, -0.1) is 0 Å². The van der Waals surface area contributed by atoms with E-state index in [-0.39, 0.29) is 35.1 Å². The quantitative estimate of drug-likeness (QED) is 0.362. The van der Waals surface area contributed by atoms with Crippen molar-refractivity contribution in [1.29, 1.82) is 5.26 Å². The lowest BCUT2D eigenvalue weighted by atomic mass is 10.1. The molecule has 30 heavy (non-hydrogen) atoms. The molecule has 0 unspecified atom stereocenters. The van der Waals surface area contributed by atoms with Crippen LogP contribution in [0.4, 0.5) is 0 Å². The van der Waals surface area contributed by atoms with Crippen molar-refractivity contribution in [3.05, 3.63) is 65.3 Å². The van der Waals surface area contributed by atoms with Crippen molar-refractivity contribution in [2.24, 2.45) is 0 Å². The van der Waals surface area contributed by atoms with Crippen molar-refractivity contribution < 1.29 is 24.5 Å². The highest BCUT2D eigenvalue weighted by molar-refractivity contribution is 5.97. The number of carbonyl (C=O) groups excluding carboxylic acids is 1. The number of benzene rings is 2. The average Bonchev–Trinajstić information content (AvgIpc) is 2.78. The third-order valence-electron chi connectivity index (χ3n) is 3.81. The first-order valence-electron chi connectivity index (χ1n) is 9.28. The van der Waals surface area contributed by atoms with Gasteiger partial charge in [0.15, 0.2) is 11.5 Å². The summed E-state index contributed by atoms with van der Waals surface area (Å²) in [5, 5.41) is 31.0. The number of phenolic OH excluding ortho intramolecular Hbond substituents is 2. The van der Waals surface area contributed by atoms with Gasteiger partial charge in [0.25, 0.3) is 5.91 Å². The van der Waals surface area contributed by atoms with Crippen molar-refractivity contribution in [2.75, 3.05) is 14.2 Å². The fourth-order valence-electron chi connectivity index (χ4n) is 2.32. The molecule has 158 valence electrons. The number of nitriles is 1. The van der Waals surface area contributed by atoms with Gasteiger partial charge in [0.05, 0.1) is 14.2 Å². The van der Waals surface area contributed by atoms with Crippen LogP contribution in [0.3, 0.4) is 0 Å². The summed E-state index contributed by atoms with van der Waals surface area (Å²) in [4.78, 5) is 12.1. The Morgan fingerprint density at radius 1 is 1.10 bits per heavy atom. The van der Waals surface area contributed by atoms with Crippen LogP contribution in [0.1, 0.15) is 25.0 Å². The molecule has 0 aliphatic heterocycles. The van der Waals surface area contributed by atoms with Crippen LogP contribution in [-0.4, -0.2) is 30.3 Å². The molecule has 2 rings (SSSR count). The predicted octanol–water partition coefficient (Wildman–Crippen LogP) is 3.92. The van der Waals surface area contributed by atoms with Gasteiger partial charge < -0.3 is 25.0 Å². The topological polar surface area (TPSA) is 112 Å². The maximum Gasteiger partial charge on any atom is 0.262 e. The lowest BCUT2D eigenvalue weighted by Crippen LogP contribution is -2.23. The zero-order valence-corrected chi connectivity index (χ0v) is 17.5. The standard InChI is InChI=1S/C21H20N2O5.C2H6/c1-27-18-10-15(11-19(28-2)20(18)25)4-3-5-16(12-22)21(26)23-13-14-6-8-17(24)9-7-14;1-2/h3-11,24-25H,13H2,1-2H3,(H,23,26);1-2H3/b4-3+,16-5+;. The summed E-state index contributed by atoms with van der Waals surface area (Å²) < 4.78 is 10.2. The number of allylic oxidation sites excluding steroid dienone is 2. The molecule has 0 fully saturated rings. The molecule has 2 aromatic rings. The van der Waals surface area contributed by atoms with Crippen LogP contribution in [0.5, 0.6) is 23.0 Å². The van der Waals surface area contributed by atoms with Crippen LogP contribution in [0, 0.1) is 11.3 Å². The molecule has 0 atom stereocenters. The Labute approximate surface area is 176 Å². The number of nitrogens with one attached hydrogen (secondary N) is 1. The summed E-state index contributed by atoms with van der Waals surface area (Å²) in [5.74, 6) is 0.00989. The third kappa shape index (κ3) is 6.91. The van der Waals surface area contributed by atoms with E-state index < -0.39 is 5.91 Å². The number of aromatic hydroxyl groups is 2. The first-order chi connectivity index (χ1) is 14.5. The minimum atomic E-state index is -0.513. The van der Waals surface area contributed by atoms with E-state index in [1.807, 2.05) is 19.9 Å². The van der Waals surface area contributed by atoms with Crippen molar-refractivity contribution in [1.82, 2.24) is 5.32 Å². The zero-order chi connectivity index (χ0) is 22.5. The largest absolute Gasteiger partial charge is 0.508 e. The highest BCUT2D eigenvalue weighted by atomic mass is 16.5. The van der Waals surface area contributed by atoms with Gasteiger partial charge in [-0.25, -0.2) is 0 Å². The van der Waals surface area contributed by atoms with Gasteiger partial charge in [0.2, 0.25) is 5.75 Å². The number of rotatable bonds is 7. The molecule has 0 aliphatic rings. The van der Waals surface area contributed by atoms with Crippen LogP contribution in [0.15, 0.2) is 54.1 Å². The summed E-state index contributed by atoms with van der Waals surface area (Å²) in [6.45, 7) is 4.23. The second kappa shape index (κ2) is 12.5. The van der Waals surface area contributed by atoms with Gasteiger partial charge in [0, 0.05) is 6.54 Å². The maximum absolute atomic E-state index is 12.1. The number of ether oxygens (including phenoxy) is 2. The number of amides is 1. The van der Waals surface area contributed by atoms with E-state index in [9.17, 15) is 20.3 Å². The Bertz CT molecular complexity index is 916. The fourth-order valence-corrected chi connectivity index (χ4v) is 2.32. The Balaban J connectivity index is 0.00000218. The summed E-state index contributed by atoms with van der Waals surface area (Å²) in [5.41, 5.74) is 1.39. The molecule has 0 bridgehead atoms. The van der Waals surface area contributed by atoms with E-state index in [0.717, 1.165) is 5.56 Å². The number of hydrogen-bond acceptors (Lipinski definition) is 6. The number of carbonyl (C=O) groups is 1. The predicted molar refractivity (Wildman–Crippen MR) is 115 cm³/mol. The summed E-state index contributed by atoms with van der Waals surface area (Å²) in [6, 6.07) is 11.4. The Morgan fingerprint density at radius 2 is 1.67 bits per heavy atom. The van der Waals surface area contributed by atoms with Crippen molar-refractivity contribution in [3.63, 3.8) is 0 Å². The summed E-state index contributed by atoms with van der Waals surface area (Å²) in [6.07, 6.45) is 4.58. The SMILES string of the molecule is CC.COc1cc(/C=C/C=C(\C#N)C(=O)NCc2ccc(O)cc2)cc(OC)c1O. The highest BCUT2D eigenvalue weighted by Gasteiger charge is 2.10. The minimum absolute atomic E-state index is 0.0623. The summed E-state index contributed by atoms with van der Waals surface area (Å²) >= 11 is 0. The normalized spacial score (nSPS) is 10.6. The van der Waals surface area contributed by atoms with E-state index in [2.05, 4.69) is 5.32 Å². The highest BCUT2D eigenvalue weighted by Crippen LogP contribution is 2.37. The van der Waals surface area contributed by atoms with Gasteiger partial charge in [-0.05, 0) is 41.5 Å². The monoisotopic (exact) mass is 410 g/mol. The van der Waals surface area contributed by atoms with E-state index in [4.69, 9.17) is 9.47 Å². The van der Waals surface area contributed by atoms with Crippen LogP contribution in [-0.2, 0) is 11.3 Å². The first kappa shape index (κ1) is 24.1. The molecule has 3 N–H and O–H groups in total. The zero-order valence-electron chi connectivity index (χ0n) is 17.5. The molecule has 0 radical (unpaired) electrons. The number of nitrogens with zero attached hydrogens (tertiary/aromatic N) is 1. The van der Waals surface area contributed by atoms with Gasteiger partial charge in [-0.3, -0.25) is 4.79 Å². The molecule has 7 nitrogen and oxygen atoms in total. The Morgan fingerprint density at radius 3 is 2.17 bits per heavy atom. The molecule has 0 spiro atoms. The third-order valence-corrected chi connectivity index (χ3v) is 3.81. The fraction of sp³-hybridized carbons (Fsp3) is 0.217. The van der Waals surface area contributed by atoms with Gasteiger partial charge in [-0.1, -0.05) is 38.1 Å². The molecule has 0 saturated heterocycles. The van der Waals surface area contributed by atoms with E-state index >= 15 is 0 Å². The van der Waals surface area contributed by atoms with E-state index in [1.165, 1.54) is 32.4 Å². The summed E-state index contributed by atoms with van der Waals surface area (Å²) in [7, 11) is 2.85. The average molecular weight is 410 g/mol. The maximum atomic E-state index is 12.1. The minimum Gasteiger partial charge on any atom is -0.508 e. The van der Waals surface area contributed by atoms with Crippen LogP contribution in [0.2, 0.25) is 0 Å². The lowest BCUT2D eigenvalue weighted by Gasteiger charge is -2.09. The van der Waals surface area contributed by atoms with Gasteiger partial charge in [0.1, 0.15) is 17.4 Å². The smallest absolute Gasteiger partial charge is 0.262 e. The second-order valence-corrected chi connectivity index (χ2v) is 5.67. The molecule has 2 aromatic carbocycles. The molecule has 0 aromatic heterocycles. The van der Waals surface area contributed by atoms with Crippen molar-refractivity contribution in [2.45, 2.75) is 20.4 Å². The van der Waals surface area contributed by atoms with E-state index in [0.29, 0.717) is 5.56 Å².